The van der Waals surface area contributed by atoms with E-state index >= 15 is 0 Å². The molecule has 0 aliphatic carbocycles. The summed E-state index contributed by atoms with van der Waals surface area (Å²) in [6, 6.07) is 6.47. The standard InChI is InChI=1S/C18H24N4O2/c1-14-17(20-13-24-14)18(23)22-10-5-7-16(8-11-22)21(2)12-15-6-3-4-9-19-15/h3-4,6,9,13,16H,5,7-8,10-12H2,1-2H3/t16-/m1/s1. The van der Waals surface area contributed by atoms with Crippen molar-refractivity contribution in [2.45, 2.75) is 38.8 Å². The van der Waals surface area contributed by atoms with Gasteiger partial charge in [-0.1, -0.05) is 6.07 Å². The minimum Gasteiger partial charge on any atom is -0.448 e. The number of likely N-dealkylation sites (tertiary alicyclic amines) is 1. The Balaban J connectivity index is 1.58. The fraction of sp³-hybridized carbons (Fsp3) is 0.500. The van der Waals surface area contributed by atoms with E-state index in [0.29, 0.717) is 17.5 Å². The van der Waals surface area contributed by atoms with Crippen LogP contribution in [0.15, 0.2) is 35.2 Å². The molecule has 1 atom stereocenters. The van der Waals surface area contributed by atoms with Crippen molar-refractivity contribution >= 4 is 5.91 Å². The number of pyridine rings is 1. The molecule has 1 fully saturated rings. The summed E-state index contributed by atoms with van der Waals surface area (Å²) in [5.41, 5.74) is 1.52. The van der Waals surface area contributed by atoms with Gasteiger partial charge in [0.25, 0.3) is 5.91 Å². The maximum atomic E-state index is 12.6. The van der Waals surface area contributed by atoms with Crippen LogP contribution in [0, 0.1) is 6.92 Å². The minimum absolute atomic E-state index is 0.0192. The van der Waals surface area contributed by atoms with Crippen molar-refractivity contribution < 1.29 is 9.21 Å². The highest BCUT2D eigenvalue weighted by Gasteiger charge is 2.26. The van der Waals surface area contributed by atoms with E-state index in [1.807, 2.05) is 23.2 Å². The van der Waals surface area contributed by atoms with Crippen LogP contribution in [-0.2, 0) is 6.54 Å². The molecule has 0 spiro atoms. The van der Waals surface area contributed by atoms with Crippen LogP contribution in [-0.4, -0.2) is 51.9 Å². The van der Waals surface area contributed by atoms with Crippen LogP contribution in [0.4, 0.5) is 0 Å². The van der Waals surface area contributed by atoms with Gasteiger partial charge in [-0.15, -0.1) is 0 Å². The average molecular weight is 328 g/mol. The summed E-state index contributed by atoms with van der Waals surface area (Å²) in [4.78, 5) is 25.3. The molecular formula is C18H24N4O2. The van der Waals surface area contributed by atoms with E-state index in [2.05, 4.69) is 28.0 Å². The van der Waals surface area contributed by atoms with Crippen molar-refractivity contribution in [3.8, 4) is 0 Å². The Bertz CT molecular complexity index is 671. The van der Waals surface area contributed by atoms with Gasteiger partial charge in [-0.05, 0) is 45.4 Å². The van der Waals surface area contributed by atoms with Crippen molar-refractivity contribution in [2.75, 3.05) is 20.1 Å². The molecule has 6 heteroatoms. The number of nitrogens with zero attached hydrogens (tertiary/aromatic N) is 4. The molecule has 2 aromatic rings. The lowest BCUT2D eigenvalue weighted by atomic mass is 10.1. The summed E-state index contributed by atoms with van der Waals surface area (Å²) in [5, 5.41) is 0. The summed E-state index contributed by atoms with van der Waals surface area (Å²) in [6.07, 6.45) is 6.22. The Morgan fingerprint density at radius 1 is 1.33 bits per heavy atom. The number of rotatable bonds is 4. The number of amides is 1. The first-order valence-electron chi connectivity index (χ1n) is 8.44. The van der Waals surface area contributed by atoms with Gasteiger partial charge in [-0.2, -0.15) is 0 Å². The molecule has 0 radical (unpaired) electrons. The van der Waals surface area contributed by atoms with E-state index in [4.69, 9.17) is 4.42 Å². The Morgan fingerprint density at radius 2 is 2.21 bits per heavy atom. The summed E-state index contributed by atoms with van der Waals surface area (Å²) in [6.45, 7) is 4.14. The number of hydrogen-bond donors (Lipinski definition) is 0. The van der Waals surface area contributed by atoms with Crippen molar-refractivity contribution in [1.82, 2.24) is 19.8 Å². The highest BCUT2D eigenvalue weighted by atomic mass is 16.3. The maximum Gasteiger partial charge on any atom is 0.276 e. The van der Waals surface area contributed by atoms with Gasteiger partial charge < -0.3 is 9.32 Å². The number of aryl methyl sites for hydroxylation is 1. The van der Waals surface area contributed by atoms with Gasteiger partial charge in [0, 0.05) is 31.9 Å². The molecule has 2 aromatic heterocycles. The van der Waals surface area contributed by atoms with Gasteiger partial charge in [0.15, 0.2) is 12.1 Å². The molecule has 24 heavy (non-hydrogen) atoms. The van der Waals surface area contributed by atoms with Crippen LogP contribution in [0.25, 0.3) is 0 Å². The lowest BCUT2D eigenvalue weighted by Gasteiger charge is -2.27. The molecule has 0 N–H and O–H groups in total. The molecule has 1 aliphatic heterocycles. The van der Waals surface area contributed by atoms with Gasteiger partial charge in [-0.25, -0.2) is 4.98 Å². The number of carbonyl (C=O) groups is 1. The fourth-order valence-corrected chi connectivity index (χ4v) is 3.26. The van der Waals surface area contributed by atoms with Crippen LogP contribution < -0.4 is 0 Å². The van der Waals surface area contributed by atoms with Crippen LogP contribution in [0.2, 0.25) is 0 Å². The summed E-state index contributed by atoms with van der Waals surface area (Å²) < 4.78 is 5.16. The zero-order valence-electron chi connectivity index (χ0n) is 14.3. The van der Waals surface area contributed by atoms with Crippen LogP contribution in [0.5, 0.6) is 0 Å². The second kappa shape index (κ2) is 7.57. The highest BCUT2D eigenvalue weighted by Crippen LogP contribution is 2.19. The van der Waals surface area contributed by atoms with E-state index in [1.165, 1.54) is 6.39 Å². The Morgan fingerprint density at radius 3 is 2.92 bits per heavy atom. The van der Waals surface area contributed by atoms with Gasteiger partial charge in [-0.3, -0.25) is 14.7 Å². The van der Waals surface area contributed by atoms with E-state index in [0.717, 1.165) is 44.6 Å². The van der Waals surface area contributed by atoms with E-state index < -0.39 is 0 Å². The van der Waals surface area contributed by atoms with Crippen molar-refractivity contribution in [3.05, 3.63) is 47.9 Å². The normalized spacial score (nSPS) is 18.6. The lowest BCUT2D eigenvalue weighted by molar-refractivity contribution is 0.0750. The fourth-order valence-electron chi connectivity index (χ4n) is 3.26. The summed E-state index contributed by atoms with van der Waals surface area (Å²) in [7, 11) is 2.14. The zero-order valence-corrected chi connectivity index (χ0v) is 14.3. The van der Waals surface area contributed by atoms with Crippen LogP contribution in [0.1, 0.15) is 41.2 Å². The van der Waals surface area contributed by atoms with E-state index in [1.54, 1.807) is 6.92 Å². The first kappa shape index (κ1) is 16.6. The molecule has 0 saturated carbocycles. The Labute approximate surface area is 142 Å². The summed E-state index contributed by atoms with van der Waals surface area (Å²) >= 11 is 0. The molecule has 0 unspecified atom stereocenters. The predicted molar refractivity (Wildman–Crippen MR) is 90.5 cm³/mol. The van der Waals surface area contributed by atoms with Gasteiger partial charge in [0.1, 0.15) is 5.76 Å². The molecule has 0 bridgehead atoms. The zero-order chi connectivity index (χ0) is 16.9. The van der Waals surface area contributed by atoms with Crippen molar-refractivity contribution in [1.29, 1.82) is 0 Å². The molecule has 3 heterocycles. The number of aromatic nitrogens is 2. The molecule has 1 amide bonds. The third kappa shape index (κ3) is 3.82. The third-order valence-electron chi connectivity index (χ3n) is 4.69. The van der Waals surface area contributed by atoms with Gasteiger partial charge >= 0.3 is 0 Å². The molecule has 1 saturated heterocycles. The van der Waals surface area contributed by atoms with Crippen LogP contribution in [0.3, 0.4) is 0 Å². The Hall–Kier alpha value is -2.21. The van der Waals surface area contributed by atoms with E-state index in [-0.39, 0.29) is 5.91 Å². The first-order chi connectivity index (χ1) is 11.6. The summed E-state index contributed by atoms with van der Waals surface area (Å²) in [5.74, 6) is 0.572. The monoisotopic (exact) mass is 328 g/mol. The topological polar surface area (TPSA) is 62.5 Å². The number of oxazole rings is 1. The molecular weight excluding hydrogens is 304 g/mol. The highest BCUT2D eigenvalue weighted by molar-refractivity contribution is 5.93. The van der Waals surface area contributed by atoms with E-state index in [9.17, 15) is 4.79 Å². The first-order valence-corrected chi connectivity index (χ1v) is 8.44. The molecule has 3 rings (SSSR count). The van der Waals surface area contributed by atoms with Gasteiger partial charge in [0.2, 0.25) is 0 Å². The molecule has 0 aromatic carbocycles. The molecule has 6 nitrogen and oxygen atoms in total. The third-order valence-corrected chi connectivity index (χ3v) is 4.69. The SMILES string of the molecule is Cc1ocnc1C(=O)N1CCC[C@@H](N(C)Cc2ccccn2)CC1. The number of carbonyl (C=O) groups excluding carboxylic acids is 1. The van der Waals surface area contributed by atoms with Crippen molar-refractivity contribution in [2.24, 2.45) is 0 Å². The minimum atomic E-state index is -0.0192. The quantitative estimate of drug-likeness (QED) is 0.863. The largest absolute Gasteiger partial charge is 0.448 e. The second-order valence-corrected chi connectivity index (χ2v) is 6.37. The number of hydrogen-bond acceptors (Lipinski definition) is 5. The molecule has 1 aliphatic rings. The van der Waals surface area contributed by atoms with Gasteiger partial charge in [0.05, 0.1) is 5.69 Å². The van der Waals surface area contributed by atoms with Crippen molar-refractivity contribution in [3.63, 3.8) is 0 Å². The lowest BCUT2D eigenvalue weighted by Crippen LogP contribution is -2.35. The van der Waals surface area contributed by atoms with Crippen LogP contribution >= 0.6 is 0 Å². The Kier molecular flexibility index (Phi) is 5.25. The smallest absolute Gasteiger partial charge is 0.276 e. The second-order valence-electron chi connectivity index (χ2n) is 6.37. The predicted octanol–water partition coefficient (Wildman–Crippen LogP) is 2.50. The maximum absolute atomic E-state index is 12.6. The average Bonchev–Trinajstić information content (AvgIpc) is 2.87. The molecule has 128 valence electrons.